The Balaban J connectivity index is 1.86. The first kappa shape index (κ1) is 16.2. The van der Waals surface area contributed by atoms with Crippen LogP contribution in [-0.2, 0) is 4.79 Å². The van der Waals surface area contributed by atoms with Crippen LogP contribution in [0, 0.1) is 5.92 Å². The predicted molar refractivity (Wildman–Crippen MR) is 86.9 cm³/mol. The zero-order chi connectivity index (χ0) is 15.2. The fraction of sp³-hybridized carbons (Fsp3) is 0.562. The highest BCUT2D eigenvalue weighted by Gasteiger charge is 2.24. The molecule has 2 N–H and O–H groups in total. The van der Waals surface area contributed by atoms with E-state index in [9.17, 15) is 4.79 Å². The van der Waals surface area contributed by atoms with Gasteiger partial charge in [0.2, 0.25) is 5.91 Å². The minimum absolute atomic E-state index is 0.104. The minimum Gasteiger partial charge on any atom is -0.497 e. The lowest BCUT2D eigenvalue weighted by Crippen LogP contribution is -2.51. The summed E-state index contributed by atoms with van der Waals surface area (Å²) in [5.41, 5.74) is 0. The van der Waals surface area contributed by atoms with Crippen LogP contribution in [0.3, 0.4) is 0 Å². The van der Waals surface area contributed by atoms with Gasteiger partial charge in [0.1, 0.15) is 5.75 Å². The zero-order valence-electron chi connectivity index (χ0n) is 12.9. The van der Waals surface area contributed by atoms with E-state index in [1.54, 1.807) is 18.9 Å². The molecule has 1 aliphatic heterocycles. The van der Waals surface area contributed by atoms with Gasteiger partial charge in [0.05, 0.1) is 12.4 Å². The van der Waals surface area contributed by atoms with E-state index < -0.39 is 0 Å². The molecule has 4 nitrogen and oxygen atoms in total. The summed E-state index contributed by atoms with van der Waals surface area (Å²) in [5, 5.41) is 6.40. The Hall–Kier alpha value is -1.20. The summed E-state index contributed by atoms with van der Waals surface area (Å²) in [6, 6.07) is 8.04. The molecule has 0 saturated carbocycles. The predicted octanol–water partition coefficient (Wildman–Crippen LogP) is 2.29. The van der Waals surface area contributed by atoms with Crippen molar-refractivity contribution in [3.05, 3.63) is 24.3 Å². The second-order valence-electron chi connectivity index (χ2n) is 5.52. The maximum Gasteiger partial charge on any atom is 0.233 e. The number of hydrogen-bond donors (Lipinski definition) is 2. The number of methoxy groups -OCH3 is 1. The van der Waals surface area contributed by atoms with Gasteiger partial charge in [-0.25, -0.2) is 0 Å². The fourth-order valence-corrected chi connectivity index (χ4v) is 3.27. The van der Waals surface area contributed by atoms with E-state index in [1.165, 1.54) is 0 Å². The van der Waals surface area contributed by atoms with Gasteiger partial charge in [0.15, 0.2) is 0 Å². The molecular formula is C16H24N2O2S. The first-order valence-corrected chi connectivity index (χ1v) is 8.30. The molecule has 5 heteroatoms. The Morgan fingerprint density at radius 2 is 2.14 bits per heavy atom. The van der Waals surface area contributed by atoms with Crippen LogP contribution in [0.2, 0.25) is 0 Å². The topological polar surface area (TPSA) is 50.4 Å². The molecule has 0 spiro atoms. The molecular weight excluding hydrogens is 284 g/mol. The van der Waals surface area contributed by atoms with E-state index >= 15 is 0 Å². The van der Waals surface area contributed by atoms with Crippen molar-refractivity contribution in [3.8, 4) is 5.75 Å². The number of nitrogens with one attached hydrogen (secondary N) is 2. The second-order valence-corrected chi connectivity index (χ2v) is 6.93. The number of carbonyl (C=O) groups is 1. The van der Waals surface area contributed by atoms with Crippen LogP contribution in [-0.4, -0.2) is 37.4 Å². The van der Waals surface area contributed by atoms with Crippen LogP contribution in [0.1, 0.15) is 20.3 Å². The number of ether oxygens (including phenoxy) is 1. The van der Waals surface area contributed by atoms with E-state index in [-0.39, 0.29) is 17.2 Å². The second kappa shape index (κ2) is 7.71. The van der Waals surface area contributed by atoms with Crippen LogP contribution in [0.4, 0.5) is 0 Å². The van der Waals surface area contributed by atoms with Crippen molar-refractivity contribution in [1.29, 1.82) is 0 Å². The van der Waals surface area contributed by atoms with Gasteiger partial charge in [-0.1, -0.05) is 6.92 Å². The molecule has 0 radical (unpaired) electrons. The first-order valence-electron chi connectivity index (χ1n) is 7.42. The quantitative estimate of drug-likeness (QED) is 0.820. The smallest absolute Gasteiger partial charge is 0.233 e. The van der Waals surface area contributed by atoms with E-state index in [2.05, 4.69) is 17.6 Å². The molecule has 116 valence electrons. The van der Waals surface area contributed by atoms with E-state index in [1.807, 2.05) is 31.2 Å². The molecule has 1 heterocycles. The monoisotopic (exact) mass is 308 g/mol. The lowest BCUT2D eigenvalue weighted by molar-refractivity contribution is -0.121. The molecule has 0 aliphatic carbocycles. The maximum absolute atomic E-state index is 12.3. The number of piperidine rings is 1. The van der Waals surface area contributed by atoms with Crippen LogP contribution in [0.5, 0.6) is 5.75 Å². The molecule has 1 aromatic carbocycles. The van der Waals surface area contributed by atoms with Crippen molar-refractivity contribution >= 4 is 17.7 Å². The number of rotatable bonds is 5. The highest BCUT2D eigenvalue weighted by atomic mass is 32.2. The van der Waals surface area contributed by atoms with Gasteiger partial charge in [0, 0.05) is 17.5 Å². The van der Waals surface area contributed by atoms with Gasteiger partial charge < -0.3 is 15.4 Å². The Bertz CT molecular complexity index is 464. The Morgan fingerprint density at radius 1 is 1.43 bits per heavy atom. The average molecular weight is 308 g/mol. The lowest BCUT2D eigenvalue weighted by Gasteiger charge is -2.31. The Kier molecular flexibility index (Phi) is 5.94. The number of benzene rings is 1. The third kappa shape index (κ3) is 4.64. The number of carbonyl (C=O) groups excluding carboxylic acids is 1. The van der Waals surface area contributed by atoms with E-state index in [4.69, 9.17) is 4.74 Å². The normalized spacial score (nSPS) is 23.4. The molecule has 1 amide bonds. The fourth-order valence-electron chi connectivity index (χ4n) is 2.39. The summed E-state index contributed by atoms with van der Waals surface area (Å²) in [7, 11) is 1.65. The number of amides is 1. The summed E-state index contributed by atoms with van der Waals surface area (Å²) < 4.78 is 5.14. The highest BCUT2D eigenvalue weighted by Crippen LogP contribution is 2.25. The maximum atomic E-state index is 12.3. The third-order valence-electron chi connectivity index (χ3n) is 3.90. The van der Waals surface area contributed by atoms with Crippen molar-refractivity contribution in [2.75, 3.05) is 20.2 Å². The Labute approximate surface area is 131 Å². The van der Waals surface area contributed by atoms with Crippen molar-refractivity contribution in [2.24, 2.45) is 5.92 Å². The van der Waals surface area contributed by atoms with Gasteiger partial charge in [0.25, 0.3) is 0 Å². The van der Waals surface area contributed by atoms with Crippen molar-refractivity contribution in [3.63, 3.8) is 0 Å². The van der Waals surface area contributed by atoms with Gasteiger partial charge in [-0.2, -0.15) is 0 Å². The molecule has 1 aromatic rings. The average Bonchev–Trinajstić information content (AvgIpc) is 2.50. The largest absolute Gasteiger partial charge is 0.497 e. The van der Waals surface area contributed by atoms with E-state index in [0.29, 0.717) is 5.92 Å². The van der Waals surface area contributed by atoms with Crippen LogP contribution >= 0.6 is 11.8 Å². The molecule has 1 fully saturated rings. The number of thioether (sulfide) groups is 1. The summed E-state index contributed by atoms with van der Waals surface area (Å²) in [6.45, 7) is 6.06. The van der Waals surface area contributed by atoms with Gasteiger partial charge in [-0.3, -0.25) is 4.79 Å². The highest BCUT2D eigenvalue weighted by molar-refractivity contribution is 8.00. The van der Waals surface area contributed by atoms with Crippen LogP contribution in [0.15, 0.2) is 29.2 Å². The summed E-state index contributed by atoms with van der Waals surface area (Å²) in [6.07, 6.45) is 1.12. The Morgan fingerprint density at radius 3 is 2.76 bits per heavy atom. The SMILES string of the molecule is COc1ccc(SC(C)C(=O)NC2CNCCC2C)cc1. The standard InChI is InChI=1S/C16H24N2O2S/c1-11-8-9-17-10-15(11)18-16(19)12(2)21-14-6-4-13(20-3)5-7-14/h4-7,11-12,15,17H,8-10H2,1-3H3,(H,18,19). The van der Waals surface area contributed by atoms with Crippen LogP contribution < -0.4 is 15.4 Å². The molecule has 0 aromatic heterocycles. The lowest BCUT2D eigenvalue weighted by atomic mass is 9.95. The van der Waals surface area contributed by atoms with Crippen LogP contribution in [0.25, 0.3) is 0 Å². The minimum atomic E-state index is -0.104. The zero-order valence-corrected chi connectivity index (χ0v) is 13.7. The molecule has 1 saturated heterocycles. The molecule has 1 aliphatic rings. The van der Waals surface area contributed by atoms with E-state index in [0.717, 1.165) is 30.2 Å². The third-order valence-corrected chi connectivity index (χ3v) is 5.01. The van der Waals surface area contributed by atoms with Crippen molar-refractivity contribution < 1.29 is 9.53 Å². The van der Waals surface area contributed by atoms with Gasteiger partial charge in [-0.05, 0) is 50.1 Å². The van der Waals surface area contributed by atoms with Gasteiger partial charge >= 0.3 is 0 Å². The van der Waals surface area contributed by atoms with Crippen molar-refractivity contribution in [2.45, 2.75) is 36.5 Å². The summed E-state index contributed by atoms with van der Waals surface area (Å²) >= 11 is 1.57. The van der Waals surface area contributed by atoms with Gasteiger partial charge in [-0.15, -0.1) is 11.8 Å². The molecule has 2 rings (SSSR count). The molecule has 3 unspecified atom stereocenters. The molecule has 21 heavy (non-hydrogen) atoms. The van der Waals surface area contributed by atoms with Crippen molar-refractivity contribution in [1.82, 2.24) is 10.6 Å². The number of hydrogen-bond acceptors (Lipinski definition) is 4. The molecule has 3 atom stereocenters. The summed E-state index contributed by atoms with van der Waals surface area (Å²) in [5.74, 6) is 1.48. The molecule has 0 bridgehead atoms. The first-order chi connectivity index (χ1) is 10.1. The summed E-state index contributed by atoms with van der Waals surface area (Å²) in [4.78, 5) is 13.4.